The first-order valence-corrected chi connectivity index (χ1v) is 7.11. The number of rotatable bonds is 6. The summed E-state index contributed by atoms with van der Waals surface area (Å²) < 4.78 is 13.7. The van der Waals surface area contributed by atoms with Gasteiger partial charge in [-0.1, -0.05) is 13.3 Å². The molecule has 1 aromatic carbocycles. The van der Waals surface area contributed by atoms with E-state index in [-0.39, 0.29) is 23.4 Å². The molecule has 0 radical (unpaired) electrons. The zero-order valence-electron chi connectivity index (χ0n) is 12.7. The van der Waals surface area contributed by atoms with Crippen LogP contribution >= 0.6 is 0 Å². The van der Waals surface area contributed by atoms with Gasteiger partial charge in [0.2, 0.25) is 5.91 Å². The first kappa shape index (κ1) is 17.1. The van der Waals surface area contributed by atoms with Gasteiger partial charge in [0.05, 0.1) is 11.6 Å². The highest BCUT2D eigenvalue weighted by Gasteiger charge is 2.15. The largest absolute Gasteiger partial charge is 0.328 e. The van der Waals surface area contributed by atoms with E-state index in [0.29, 0.717) is 11.3 Å². The Balaban J connectivity index is 2.70. The number of hydrogen-bond acceptors (Lipinski definition) is 3. The molecule has 2 atom stereocenters. The van der Waals surface area contributed by atoms with Crippen LogP contribution in [0.3, 0.4) is 0 Å². The molecule has 1 amide bonds. The van der Waals surface area contributed by atoms with Gasteiger partial charge >= 0.3 is 0 Å². The van der Waals surface area contributed by atoms with Gasteiger partial charge < -0.3 is 11.1 Å². The number of carbonyl (C=O) groups excluding carboxylic acids is 1. The number of halogens is 1. The molecule has 0 aliphatic rings. The van der Waals surface area contributed by atoms with Gasteiger partial charge in [0.25, 0.3) is 0 Å². The Hall–Kier alpha value is -1.93. The Morgan fingerprint density at radius 3 is 2.67 bits per heavy atom. The highest BCUT2D eigenvalue weighted by Crippen LogP contribution is 2.22. The van der Waals surface area contributed by atoms with Crippen molar-refractivity contribution in [2.45, 2.75) is 46.1 Å². The number of nitrogens with two attached hydrogens (primary N) is 1. The molecule has 3 N–H and O–H groups in total. The third kappa shape index (κ3) is 5.16. The summed E-state index contributed by atoms with van der Waals surface area (Å²) in [7, 11) is 0. The van der Waals surface area contributed by atoms with E-state index in [2.05, 4.69) is 5.32 Å². The van der Waals surface area contributed by atoms with Crippen LogP contribution in [-0.4, -0.2) is 11.9 Å². The van der Waals surface area contributed by atoms with Crippen LogP contribution in [0.5, 0.6) is 0 Å². The van der Waals surface area contributed by atoms with Gasteiger partial charge in [-0.05, 0) is 38.8 Å². The van der Waals surface area contributed by atoms with Gasteiger partial charge in [0.1, 0.15) is 5.82 Å². The highest BCUT2D eigenvalue weighted by molar-refractivity contribution is 5.93. The Bertz CT molecular complexity index is 549. The Morgan fingerprint density at radius 2 is 2.10 bits per heavy atom. The van der Waals surface area contributed by atoms with Crippen LogP contribution in [0.2, 0.25) is 0 Å². The lowest BCUT2D eigenvalue weighted by molar-refractivity contribution is -0.119. The van der Waals surface area contributed by atoms with Crippen molar-refractivity contribution < 1.29 is 9.18 Å². The third-order valence-electron chi connectivity index (χ3n) is 3.48. The first-order chi connectivity index (χ1) is 9.85. The molecule has 0 saturated heterocycles. The maximum Gasteiger partial charge on any atom is 0.227 e. The number of benzene rings is 1. The second kappa shape index (κ2) is 7.75. The van der Waals surface area contributed by atoms with Crippen molar-refractivity contribution in [3.05, 3.63) is 29.1 Å². The number of nitriles is 1. The summed E-state index contributed by atoms with van der Waals surface area (Å²) in [5.41, 5.74) is 6.56. The fourth-order valence-electron chi connectivity index (χ4n) is 2.01. The van der Waals surface area contributed by atoms with Crippen molar-refractivity contribution in [1.29, 1.82) is 5.26 Å². The highest BCUT2D eigenvalue weighted by atomic mass is 19.1. The molecule has 0 heterocycles. The molecule has 1 aromatic rings. The van der Waals surface area contributed by atoms with E-state index in [4.69, 9.17) is 11.0 Å². The van der Waals surface area contributed by atoms with Crippen molar-refractivity contribution in [2.24, 2.45) is 11.7 Å². The first-order valence-electron chi connectivity index (χ1n) is 7.11. The molecular weight excluding hydrogens is 269 g/mol. The minimum atomic E-state index is -0.492. The summed E-state index contributed by atoms with van der Waals surface area (Å²) in [5.74, 6) is -0.844. The van der Waals surface area contributed by atoms with E-state index in [1.807, 2.05) is 19.9 Å². The Morgan fingerprint density at radius 1 is 1.43 bits per heavy atom. The topological polar surface area (TPSA) is 78.9 Å². The smallest absolute Gasteiger partial charge is 0.227 e. The van der Waals surface area contributed by atoms with Crippen molar-refractivity contribution in [1.82, 2.24) is 0 Å². The number of anilines is 1. The fraction of sp³-hybridized carbons (Fsp3) is 0.500. The maximum atomic E-state index is 13.7. The molecule has 0 aliphatic carbocycles. The maximum absolute atomic E-state index is 13.7. The van der Waals surface area contributed by atoms with Crippen LogP contribution in [0.25, 0.3) is 0 Å². The molecule has 0 spiro atoms. The number of nitrogens with zero attached hydrogens (tertiary/aromatic N) is 1. The van der Waals surface area contributed by atoms with Gasteiger partial charge in [0, 0.05) is 23.2 Å². The van der Waals surface area contributed by atoms with Crippen LogP contribution in [0.1, 0.15) is 44.2 Å². The molecule has 0 fully saturated rings. The summed E-state index contributed by atoms with van der Waals surface area (Å²) in [6.45, 7) is 5.34. The molecular formula is C16H22FN3O. The average Bonchev–Trinajstić information content (AvgIpc) is 2.42. The monoisotopic (exact) mass is 291 g/mol. The van der Waals surface area contributed by atoms with Gasteiger partial charge in [-0.3, -0.25) is 4.79 Å². The Labute approximate surface area is 125 Å². The van der Waals surface area contributed by atoms with Crippen molar-refractivity contribution in [3.8, 4) is 6.07 Å². The van der Waals surface area contributed by atoms with E-state index in [1.165, 1.54) is 6.07 Å². The summed E-state index contributed by atoms with van der Waals surface area (Å²) in [5, 5.41) is 11.5. The van der Waals surface area contributed by atoms with Crippen molar-refractivity contribution in [2.75, 3.05) is 5.32 Å². The standard InChI is InChI=1S/C16H22FN3O/c1-10(5-4-6-11(2)19)16(21)20-15-8-13(9-18)7-14(17)12(15)3/h7-8,10-11H,4-6,19H2,1-3H3,(H,20,21). The van der Waals surface area contributed by atoms with Gasteiger partial charge in [-0.25, -0.2) is 4.39 Å². The number of hydrogen-bond donors (Lipinski definition) is 2. The lowest BCUT2D eigenvalue weighted by Crippen LogP contribution is -2.22. The average molecular weight is 291 g/mol. The molecule has 1 rings (SSSR count). The molecule has 114 valence electrons. The lowest BCUT2D eigenvalue weighted by atomic mass is 10.0. The second-order valence-electron chi connectivity index (χ2n) is 5.54. The van der Waals surface area contributed by atoms with Crippen LogP contribution in [0.4, 0.5) is 10.1 Å². The third-order valence-corrected chi connectivity index (χ3v) is 3.48. The minimum absolute atomic E-state index is 0.129. The van der Waals surface area contributed by atoms with E-state index in [1.54, 1.807) is 6.92 Å². The van der Waals surface area contributed by atoms with Crippen molar-refractivity contribution in [3.63, 3.8) is 0 Å². The van der Waals surface area contributed by atoms with Crippen LogP contribution < -0.4 is 11.1 Å². The quantitative estimate of drug-likeness (QED) is 0.845. The van der Waals surface area contributed by atoms with Gasteiger partial charge in [-0.15, -0.1) is 0 Å². The number of nitrogens with one attached hydrogen (secondary N) is 1. The molecule has 5 heteroatoms. The van der Waals surface area contributed by atoms with Crippen LogP contribution in [-0.2, 0) is 4.79 Å². The van der Waals surface area contributed by atoms with Crippen LogP contribution in [0, 0.1) is 30.0 Å². The van der Waals surface area contributed by atoms with Crippen LogP contribution in [0.15, 0.2) is 12.1 Å². The van der Waals surface area contributed by atoms with E-state index in [9.17, 15) is 9.18 Å². The number of carbonyl (C=O) groups is 1. The van der Waals surface area contributed by atoms with E-state index < -0.39 is 5.82 Å². The molecule has 0 bridgehead atoms. The normalized spacial score (nSPS) is 13.3. The molecule has 4 nitrogen and oxygen atoms in total. The molecule has 0 aromatic heterocycles. The Kier molecular flexibility index (Phi) is 6.32. The van der Waals surface area contributed by atoms with Crippen molar-refractivity contribution >= 4 is 11.6 Å². The van der Waals surface area contributed by atoms with Gasteiger partial charge in [-0.2, -0.15) is 5.26 Å². The lowest BCUT2D eigenvalue weighted by Gasteiger charge is -2.15. The van der Waals surface area contributed by atoms with Gasteiger partial charge in [0.15, 0.2) is 0 Å². The predicted molar refractivity (Wildman–Crippen MR) is 81.1 cm³/mol. The fourth-order valence-corrected chi connectivity index (χ4v) is 2.01. The second-order valence-corrected chi connectivity index (χ2v) is 5.54. The molecule has 0 saturated carbocycles. The predicted octanol–water partition coefficient (Wildman–Crippen LogP) is 3.10. The minimum Gasteiger partial charge on any atom is -0.328 e. The summed E-state index contributed by atoms with van der Waals surface area (Å²) >= 11 is 0. The number of amides is 1. The zero-order chi connectivity index (χ0) is 16.0. The van der Waals surface area contributed by atoms with E-state index in [0.717, 1.165) is 25.3 Å². The molecule has 0 aliphatic heterocycles. The van der Waals surface area contributed by atoms with E-state index >= 15 is 0 Å². The zero-order valence-corrected chi connectivity index (χ0v) is 12.7. The molecule has 2 unspecified atom stereocenters. The molecule has 21 heavy (non-hydrogen) atoms. The summed E-state index contributed by atoms with van der Waals surface area (Å²) in [6, 6.07) is 4.66. The SMILES string of the molecule is Cc1c(F)cc(C#N)cc1NC(=O)C(C)CCCC(C)N. The summed E-state index contributed by atoms with van der Waals surface area (Å²) in [4.78, 5) is 12.1. The summed E-state index contributed by atoms with van der Waals surface area (Å²) in [6.07, 6.45) is 2.47.